The fourth-order valence-electron chi connectivity index (χ4n) is 3.62. The molecule has 0 bridgehead atoms. The molecule has 23 heavy (non-hydrogen) atoms. The molecule has 1 aromatic carbocycles. The van der Waals surface area contributed by atoms with Gasteiger partial charge in [-0.05, 0) is 37.5 Å². The zero-order chi connectivity index (χ0) is 16.4. The van der Waals surface area contributed by atoms with Gasteiger partial charge >= 0.3 is 0 Å². The molecule has 0 aromatic heterocycles. The molecule has 1 aromatic rings. The number of amides is 1. The minimum Gasteiger partial charge on any atom is -0.496 e. The summed E-state index contributed by atoms with van der Waals surface area (Å²) >= 11 is 5.96. The number of benzene rings is 1. The van der Waals surface area contributed by atoms with Crippen LogP contribution in [0.2, 0.25) is 5.02 Å². The third-order valence-electron chi connectivity index (χ3n) is 4.91. The number of hydrogen-bond acceptors (Lipinski definition) is 4. The second-order valence-electron chi connectivity index (χ2n) is 6.24. The molecule has 126 valence electrons. The van der Waals surface area contributed by atoms with E-state index >= 15 is 0 Å². The fourth-order valence-corrected chi connectivity index (χ4v) is 3.78. The van der Waals surface area contributed by atoms with Gasteiger partial charge in [0.15, 0.2) is 0 Å². The standard InChI is InChI=1S/C17H23ClN2O3/c1-23-16-11-12(18)5-6-13(16)17(22)20-9-7-19(8-10-20)14-3-2-4-15(14)21/h5-6,11,14-15,21H,2-4,7-10H2,1H3/t14-,15-/m0/s1. The third-order valence-corrected chi connectivity index (χ3v) is 5.14. The number of carbonyl (C=O) groups excluding carboxylic acids is 1. The van der Waals surface area contributed by atoms with Crippen molar-refractivity contribution in [2.75, 3.05) is 33.3 Å². The molecule has 2 fully saturated rings. The van der Waals surface area contributed by atoms with Crippen LogP contribution in [0.3, 0.4) is 0 Å². The lowest BCUT2D eigenvalue weighted by molar-refractivity contribution is 0.0314. The highest BCUT2D eigenvalue weighted by Crippen LogP contribution is 2.27. The predicted molar refractivity (Wildman–Crippen MR) is 89.1 cm³/mol. The molecule has 1 heterocycles. The molecule has 0 radical (unpaired) electrons. The molecule has 1 amide bonds. The summed E-state index contributed by atoms with van der Waals surface area (Å²) in [5.41, 5.74) is 0.547. The van der Waals surface area contributed by atoms with E-state index in [0.717, 1.165) is 32.4 Å². The van der Waals surface area contributed by atoms with Crippen LogP contribution in [0.1, 0.15) is 29.6 Å². The Morgan fingerprint density at radius 3 is 2.61 bits per heavy atom. The van der Waals surface area contributed by atoms with Crippen LogP contribution >= 0.6 is 11.6 Å². The second kappa shape index (κ2) is 7.07. The van der Waals surface area contributed by atoms with Crippen LogP contribution in [0.25, 0.3) is 0 Å². The molecular weight excluding hydrogens is 316 g/mol. The van der Waals surface area contributed by atoms with Gasteiger partial charge in [-0.15, -0.1) is 0 Å². The van der Waals surface area contributed by atoms with Crippen LogP contribution < -0.4 is 4.74 Å². The van der Waals surface area contributed by atoms with E-state index in [9.17, 15) is 9.90 Å². The monoisotopic (exact) mass is 338 g/mol. The normalized spacial score (nSPS) is 25.6. The van der Waals surface area contributed by atoms with Crippen molar-refractivity contribution in [2.45, 2.75) is 31.4 Å². The smallest absolute Gasteiger partial charge is 0.257 e. The lowest BCUT2D eigenvalue weighted by Crippen LogP contribution is -2.53. The second-order valence-corrected chi connectivity index (χ2v) is 6.67. The number of nitrogens with zero attached hydrogens (tertiary/aromatic N) is 2. The molecule has 5 nitrogen and oxygen atoms in total. The minimum atomic E-state index is -0.214. The van der Waals surface area contributed by atoms with Crippen LogP contribution in [0, 0.1) is 0 Å². The molecule has 1 aliphatic carbocycles. The van der Waals surface area contributed by atoms with Crippen molar-refractivity contribution in [1.82, 2.24) is 9.80 Å². The number of hydrogen-bond donors (Lipinski definition) is 1. The van der Waals surface area contributed by atoms with Gasteiger partial charge in [-0.2, -0.15) is 0 Å². The summed E-state index contributed by atoms with van der Waals surface area (Å²) < 4.78 is 5.28. The maximum absolute atomic E-state index is 12.7. The first-order valence-corrected chi connectivity index (χ1v) is 8.53. The lowest BCUT2D eigenvalue weighted by atomic mass is 10.1. The van der Waals surface area contributed by atoms with Crippen LogP contribution in [-0.4, -0.2) is 66.2 Å². The van der Waals surface area contributed by atoms with Gasteiger partial charge in [-0.25, -0.2) is 0 Å². The van der Waals surface area contributed by atoms with Crippen molar-refractivity contribution in [1.29, 1.82) is 0 Å². The highest BCUT2D eigenvalue weighted by molar-refractivity contribution is 6.30. The van der Waals surface area contributed by atoms with Crippen molar-refractivity contribution in [2.24, 2.45) is 0 Å². The molecular formula is C17H23ClN2O3. The Morgan fingerprint density at radius 2 is 2.00 bits per heavy atom. The molecule has 1 saturated heterocycles. The number of aliphatic hydroxyl groups excluding tert-OH is 1. The van der Waals surface area contributed by atoms with Gasteiger partial charge in [0, 0.05) is 37.2 Å². The summed E-state index contributed by atoms with van der Waals surface area (Å²) in [6.45, 7) is 2.97. The molecule has 1 aliphatic heterocycles. The molecule has 3 rings (SSSR count). The summed E-state index contributed by atoms with van der Waals surface area (Å²) in [5, 5.41) is 10.6. The Morgan fingerprint density at radius 1 is 1.26 bits per heavy atom. The van der Waals surface area contributed by atoms with E-state index in [1.807, 2.05) is 4.90 Å². The molecule has 0 unspecified atom stereocenters. The third kappa shape index (κ3) is 3.47. The highest BCUT2D eigenvalue weighted by Gasteiger charge is 2.33. The van der Waals surface area contributed by atoms with E-state index in [1.165, 1.54) is 0 Å². The van der Waals surface area contributed by atoms with Gasteiger partial charge in [0.25, 0.3) is 5.91 Å². The van der Waals surface area contributed by atoms with Crippen molar-refractivity contribution in [3.63, 3.8) is 0 Å². The SMILES string of the molecule is COc1cc(Cl)ccc1C(=O)N1CCN([C@H]2CCC[C@@H]2O)CC1. The highest BCUT2D eigenvalue weighted by atomic mass is 35.5. The number of carbonyl (C=O) groups is 1. The van der Waals surface area contributed by atoms with Crippen LogP contribution in [-0.2, 0) is 0 Å². The van der Waals surface area contributed by atoms with E-state index in [1.54, 1.807) is 25.3 Å². The summed E-state index contributed by atoms with van der Waals surface area (Å²) in [7, 11) is 1.54. The Bertz CT molecular complexity index is 573. The number of halogens is 1. The predicted octanol–water partition coefficient (Wildman–Crippen LogP) is 2.02. The van der Waals surface area contributed by atoms with E-state index in [2.05, 4.69) is 4.90 Å². The first kappa shape index (κ1) is 16.6. The van der Waals surface area contributed by atoms with Crippen LogP contribution in [0.4, 0.5) is 0 Å². The topological polar surface area (TPSA) is 53.0 Å². The molecule has 6 heteroatoms. The van der Waals surface area contributed by atoms with E-state index in [0.29, 0.717) is 29.4 Å². The summed E-state index contributed by atoms with van der Waals surface area (Å²) in [6, 6.07) is 5.36. The van der Waals surface area contributed by atoms with Crippen molar-refractivity contribution >= 4 is 17.5 Å². The number of rotatable bonds is 3. The quantitative estimate of drug-likeness (QED) is 0.916. The zero-order valence-electron chi connectivity index (χ0n) is 13.4. The molecule has 1 saturated carbocycles. The number of piperazine rings is 1. The van der Waals surface area contributed by atoms with Gasteiger partial charge in [0.05, 0.1) is 18.8 Å². The Balaban J connectivity index is 1.64. The number of methoxy groups -OCH3 is 1. The number of aliphatic hydroxyl groups is 1. The summed E-state index contributed by atoms with van der Waals surface area (Å²) in [4.78, 5) is 16.9. The maximum atomic E-state index is 12.7. The van der Waals surface area contributed by atoms with Gasteiger partial charge in [0.1, 0.15) is 5.75 Å². The largest absolute Gasteiger partial charge is 0.496 e. The fraction of sp³-hybridized carbons (Fsp3) is 0.588. The maximum Gasteiger partial charge on any atom is 0.257 e. The lowest BCUT2D eigenvalue weighted by Gasteiger charge is -2.39. The average Bonchev–Trinajstić information content (AvgIpc) is 3.00. The van der Waals surface area contributed by atoms with Gasteiger partial charge in [-0.3, -0.25) is 9.69 Å². The van der Waals surface area contributed by atoms with Crippen LogP contribution in [0.5, 0.6) is 5.75 Å². The Hall–Kier alpha value is -1.30. The van der Waals surface area contributed by atoms with Gasteiger partial charge < -0.3 is 14.7 Å². The minimum absolute atomic E-state index is 0.0230. The first-order chi connectivity index (χ1) is 11.1. The van der Waals surface area contributed by atoms with Crippen molar-refractivity contribution in [3.8, 4) is 5.75 Å². The van der Waals surface area contributed by atoms with Crippen molar-refractivity contribution in [3.05, 3.63) is 28.8 Å². The van der Waals surface area contributed by atoms with E-state index in [-0.39, 0.29) is 18.1 Å². The van der Waals surface area contributed by atoms with Crippen molar-refractivity contribution < 1.29 is 14.6 Å². The van der Waals surface area contributed by atoms with E-state index < -0.39 is 0 Å². The Labute approximate surface area is 141 Å². The first-order valence-electron chi connectivity index (χ1n) is 8.15. The van der Waals surface area contributed by atoms with Gasteiger partial charge in [-0.1, -0.05) is 11.6 Å². The molecule has 2 atom stereocenters. The molecule has 2 aliphatic rings. The zero-order valence-corrected chi connectivity index (χ0v) is 14.1. The number of ether oxygens (including phenoxy) is 1. The average molecular weight is 339 g/mol. The van der Waals surface area contributed by atoms with Crippen LogP contribution in [0.15, 0.2) is 18.2 Å². The summed E-state index contributed by atoms with van der Waals surface area (Å²) in [5.74, 6) is 0.487. The Kier molecular flexibility index (Phi) is 5.09. The van der Waals surface area contributed by atoms with Gasteiger partial charge in [0.2, 0.25) is 0 Å². The summed E-state index contributed by atoms with van der Waals surface area (Å²) in [6.07, 6.45) is 2.83. The van der Waals surface area contributed by atoms with E-state index in [4.69, 9.17) is 16.3 Å². The molecule has 1 N–H and O–H groups in total. The molecule has 0 spiro atoms.